The van der Waals surface area contributed by atoms with Crippen molar-refractivity contribution < 1.29 is 19.1 Å². The number of hydrogen-bond donors (Lipinski definition) is 1. The fourth-order valence-corrected chi connectivity index (χ4v) is 4.30. The Hall–Kier alpha value is -4.53. The van der Waals surface area contributed by atoms with Crippen LogP contribution in [0.1, 0.15) is 29.3 Å². The molecule has 2 aromatic heterocycles. The van der Waals surface area contributed by atoms with Gasteiger partial charge in [0.15, 0.2) is 11.6 Å². The summed E-state index contributed by atoms with van der Waals surface area (Å²) in [6.45, 7) is 2.61. The monoisotopic (exact) mass is 483 g/mol. The van der Waals surface area contributed by atoms with Crippen molar-refractivity contribution >= 4 is 34.5 Å². The van der Waals surface area contributed by atoms with Gasteiger partial charge in [-0.25, -0.2) is 9.78 Å². The Labute approximate surface area is 207 Å². The number of anilines is 1. The van der Waals surface area contributed by atoms with Gasteiger partial charge in [-0.3, -0.25) is 9.59 Å². The van der Waals surface area contributed by atoms with Gasteiger partial charge in [0.1, 0.15) is 5.56 Å². The van der Waals surface area contributed by atoms with Gasteiger partial charge in [-0.05, 0) is 30.7 Å². The number of carbonyl (C=O) groups excluding carboxylic acids is 3. The van der Waals surface area contributed by atoms with E-state index in [2.05, 4.69) is 15.4 Å². The molecule has 0 radical (unpaired) electrons. The van der Waals surface area contributed by atoms with E-state index in [1.807, 2.05) is 60.7 Å². The number of fused-ring (bicyclic) bond motifs is 1. The molecule has 0 aliphatic carbocycles. The highest BCUT2D eigenvalue weighted by atomic mass is 16.5. The molecule has 1 unspecified atom stereocenters. The third kappa shape index (κ3) is 4.68. The summed E-state index contributed by atoms with van der Waals surface area (Å²) < 4.78 is 6.58. The molecule has 1 saturated heterocycles. The molecule has 9 nitrogen and oxygen atoms in total. The number of rotatable bonds is 7. The van der Waals surface area contributed by atoms with Crippen molar-refractivity contribution in [2.75, 3.05) is 18.5 Å². The number of benzene rings is 2. The van der Waals surface area contributed by atoms with Gasteiger partial charge in [0.05, 0.1) is 24.2 Å². The first-order valence-electron chi connectivity index (χ1n) is 11.8. The van der Waals surface area contributed by atoms with E-state index in [0.717, 1.165) is 16.5 Å². The Kier molecular flexibility index (Phi) is 6.44. The number of hydrogen-bond acceptors (Lipinski definition) is 6. The van der Waals surface area contributed by atoms with Crippen LogP contribution < -0.4 is 5.32 Å². The van der Waals surface area contributed by atoms with Gasteiger partial charge in [-0.15, -0.1) is 0 Å². The lowest BCUT2D eigenvalue weighted by Crippen LogP contribution is -2.29. The SMILES string of the molecule is CCOC(=O)c1cnn(-c2ccc3ccccc3n2)c1NC(=O)C1CC(=O)N(Cc2ccccc2)C1. The number of esters is 1. The highest BCUT2D eigenvalue weighted by Gasteiger charge is 2.35. The number of amides is 2. The van der Waals surface area contributed by atoms with Gasteiger partial charge in [-0.2, -0.15) is 9.78 Å². The van der Waals surface area contributed by atoms with Crippen LogP contribution in [0.4, 0.5) is 5.82 Å². The molecule has 0 saturated carbocycles. The van der Waals surface area contributed by atoms with Crippen molar-refractivity contribution in [3.8, 4) is 5.82 Å². The summed E-state index contributed by atoms with van der Waals surface area (Å²) in [5.74, 6) is -1.03. The second-order valence-electron chi connectivity index (χ2n) is 8.55. The summed E-state index contributed by atoms with van der Waals surface area (Å²) in [7, 11) is 0. The Balaban J connectivity index is 1.41. The summed E-state index contributed by atoms with van der Waals surface area (Å²) in [6, 6.07) is 20.9. The summed E-state index contributed by atoms with van der Waals surface area (Å²) in [4.78, 5) is 44.8. The fraction of sp³-hybridized carbons (Fsp3) is 0.222. The molecule has 9 heteroatoms. The minimum atomic E-state index is -0.604. The van der Waals surface area contributed by atoms with Gasteiger partial charge in [0.25, 0.3) is 0 Å². The number of nitrogens with zero attached hydrogens (tertiary/aromatic N) is 4. The van der Waals surface area contributed by atoms with Crippen molar-refractivity contribution in [2.45, 2.75) is 19.9 Å². The second kappa shape index (κ2) is 9.99. The Morgan fingerprint density at radius 1 is 1.06 bits per heavy atom. The van der Waals surface area contributed by atoms with Crippen LogP contribution in [0.25, 0.3) is 16.7 Å². The number of carbonyl (C=O) groups is 3. The molecule has 182 valence electrons. The Morgan fingerprint density at radius 2 is 1.83 bits per heavy atom. The molecule has 4 aromatic rings. The third-order valence-electron chi connectivity index (χ3n) is 6.11. The molecular formula is C27H25N5O4. The van der Waals surface area contributed by atoms with Crippen LogP contribution in [-0.4, -0.2) is 50.6 Å². The number of pyridine rings is 1. The lowest BCUT2D eigenvalue weighted by Gasteiger charge is -2.17. The average molecular weight is 484 g/mol. The predicted octanol–water partition coefficient (Wildman–Crippen LogP) is 3.58. The maximum atomic E-state index is 13.3. The van der Waals surface area contributed by atoms with Gasteiger partial charge in [-0.1, -0.05) is 48.5 Å². The van der Waals surface area contributed by atoms with Gasteiger partial charge in [0, 0.05) is 24.9 Å². The summed E-state index contributed by atoms with van der Waals surface area (Å²) >= 11 is 0. The van der Waals surface area contributed by atoms with Crippen LogP contribution in [0.15, 0.2) is 72.9 Å². The normalized spacial score (nSPS) is 15.3. The van der Waals surface area contributed by atoms with Crippen molar-refractivity contribution in [1.82, 2.24) is 19.7 Å². The van der Waals surface area contributed by atoms with Crippen LogP contribution in [0.2, 0.25) is 0 Å². The second-order valence-corrected chi connectivity index (χ2v) is 8.55. The topological polar surface area (TPSA) is 106 Å². The van der Waals surface area contributed by atoms with E-state index in [1.165, 1.54) is 10.9 Å². The Morgan fingerprint density at radius 3 is 2.64 bits per heavy atom. The zero-order valence-corrected chi connectivity index (χ0v) is 19.8. The highest BCUT2D eigenvalue weighted by molar-refractivity contribution is 6.02. The largest absolute Gasteiger partial charge is 0.462 e. The molecule has 1 N–H and O–H groups in total. The fourth-order valence-electron chi connectivity index (χ4n) is 4.30. The van der Waals surface area contributed by atoms with Crippen LogP contribution >= 0.6 is 0 Å². The van der Waals surface area contributed by atoms with E-state index in [-0.39, 0.29) is 42.8 Å². The lowest BCUT2D eigenvalue weighted by molar-refractivity contribution is -0.128. The van der Waals surface area contributed by atoms with Crippen LogP contribution in [0.3, 0.4) is 0 Å². The summed E-state index contributed by atoms with van der Waals surface area (Å²) in [5, 5.41) is 8.11. The number of ether oxygens (including phenoxy) is 1. The van der Waals surface area contributed by atoms with Crippen LogP contribution in [0.5, 0.6) is 0 Å². The third-order valence-corrected chi connectivity index (χ3v) is 6.11. The first kappa shape index (κ1) is 23.2. The van der Waals surface area contributed by atoms with E-state index < -0.39 is 11.9 Å². The average Bonchev–Trinajstić information content (AvgIpc) is 3.48. The zero-order valence-electron chi connectivity index (χ0n) is 19.8. The molecule has 5 rings (SSSR count). The first-order chi connectivity index (χ1) is 17.5. The minimum absolute atomic E-state index is 0.0886. The molecular weight excluding hydrogens is 458 g/mol. The molecule has 1 aliphatic rings. The molecule has 0 bridgehead atoms. The zero-order chi connectivity index (χ0) is 25.1. The van der Waals surface area contributed by atoms with Crippen molar-refractivity contribution in [1.29, 1.82) is 0 Å². The summed E-state index contributed by atoms with van der Waals surface area (Å²) in [6.07, 6.45) is 1.45. The van der Waals surface area contributed by atoms with E-state index in [1.54, 1.807) is 17.9 Å². The van der Waals surface area contributed by atoms with E-state index in [4.69, 9.17) is 4.74 Å². The minimum Gasteiger partial charge on any atom is -0.462 e. The molecule has 1 fully saturated rings. The standard InChI is InChI=1S/C27H25N5O4/c1-2-36-27(35)21-15-28-32(23-13-12-19-10-6-7-11-22(19)29-23)25(21)30-26(34)20-14-24(33)31(17-20)16-18-8-4-3-5-9-18/h3-13,15,20H,2,14,16-17H2,1H3,(H,30,34). The first-order valence-corrected chi connectivity index (χ1v) is 11.8. The van der Waals surface area contributed by atoms with E-state index in [9.17, 15) is 14.4 Å². The van der Waals surface area contributed by atoms with Gasteiger partial charge in [0.2, 0.25) is 11.8 Å². The van der Waals surface area contributed by atoms with E-state index in [0.29, 0.717) is 12.4 Å². The van der Waals surface area contributed by atoms with Crippen molar-refractivity contribution in [3.63, 3.8) is 0 Å². The van der Waals surface area contributed by atoms with Crippen LogP contribution in [0, 0.1) is 5.92 Å². The number of aromatic nitrogens is 3. The number of para-hydroxylation sites is 1. The quantitative estimate of drug-likeness (QED) is 0.403. The molecule has 3 heterocycles. The maximum absolute atomic E-state index is 13.3. The molecule has 2 aromatic carbocycles. The van der Waals surface area contributed by atoms with Crippen LogP contribution in [-0.2, 0) is 20.9 Å². The maximum Gasteiger partial charge on any atom is 0.343 e. The molecule has 2 amide bonds. The van der Waals surface area contributed by atoms with Crippen molar-refractivity contribution in [3.05, 3.63) is 84.1 Å². The number of likely N-dealkylation sites (tertiary alicyclic amines) is 1. The Bertz CT molecular complexity index is 1430. The molecule has 36 heavy (non-hydrogen) atoms. The summed E-state index contributed by atoms with van der Waals surface area (Å²) in [5.41, 5.74) is 1.86. The number of nitrogens with one attached hydrogen (secondary N) is 1. The lowest BCUT2D eigenvalue weighted by atomic mass is 10.1. The molecule has 1 atom stereocenters. The highest BCUT2D eigenvalue weighted by Crippen LogP contribution is 2.26. The van der Waals surface area contributed by atoms with Gasteiger partial charge < -0.3 is 15.0 Å². The van der Waals surface area contributed by atoms with E-state index >= 15 is 0 Å². The smallest absolute Gasteiger partial charge is 0.343 e. The predicted molar refractivity (Wildman–Crippen MR) is 133 cm³/mol. The molecule has 0 spiro atoms. The molecule has 1 aliphatic heterocycles. The van der Waals surface area contributed by atoms with Crippen molar-refractivity contribution in [2.24, 2.45) is 5.92 Å². The van der Waals surface area contributed by atoms with Gasteiger partial charge >= 0.3 is 5.97 Å².